The van der Waals surface area contributed by atoms with Crippen LogP contribution in [0.2, 0.25) is 0 Å². The molecule has 0 unspecified atom stereocenters. The summed E-state index contributed by atoms with van der Waals surface area (Å²) in [5, 5.41) is 2.67. The molecule has 0 spiro atoms. The van der Waals surface area contributed by atoms with Gasteiger partial charge in [0, 0.05) is 18.8 Å². The van der Waals surface area contributed by atoms with Crippen molar-refractivity contribution in [1.82, 2.24) is 5.32 Å². The molecule has 1 heterocycles. The molecule has 0 aromatic heterocycles. The topological polar surface area (TPSA) is 58.6 Å². The molecule has 118 valence electrons. The number of nitrogens with one attached hydrogen (secondary N) is 1. The van der Waals surface area contributed by atoms with Gasteiger partial charge in [-0.1, -0.05) is 30.3 Å². The van der Waals surface area contributed by atoms with Gasteiger partial charge in [-0.2, -0.15) is 0 Å². The van der Waals surface area contributed by atoms with Crippen LogP contribution in [0.25, 0.3) is 0 Å². The number of hydrogen-bond acceptors (Lipinski definition) is 3. The number of nitrogens with zero attached hydrogens (tertiary/aromatic N) is 1. The van der Waals surface area contributed by atoms with E-state index in [4.69, 9.17) is 4.74 Å². The van der Waals surface area contributed by atoms with Crippen molar-refractivity contribution < 1.29 is 14.3 Å². The highest BCUT2D eigenvalue weighted by molar-refractivity contribution is 6.40. The second-order valence-electron chi connectivity index (χ2n) is 5.37. The maximum Gasteiger partial charge on any atom is 0.316 e. The first-order chi connectivity index (χ1) is 11.2. The van der Waals surface area contributed by atoms with Gasteiger partial charge in [-0.3, -0.25) is 9.59 Å². The van der Waals surface area contributed by atoms with E-state index in [-0.39, 0.29) is 0 Å². The summed E-state index contributed by atoms with van der Waals surface area (Å²) >= 11 is 0. The van der Waals surface area contributed by atoms with Crippen LogP contribution in [0.3, 0.4) is 0 Å². The first-order valence-electron chi connectivity index (χ1n) is 7.49. The number of ether oxygens (including phenoxy) is 1. The lowest BCUT2D eigenvalue weighted by Crippen LogP contribution is -2.42. The molecule has 2 aromatic rings. The van der Waals surface area contributed by atoms with Crippen molar-refractivity contribution in [1.29, 1.82) is 0 Å². The van der Waals surface area contributed by atoms with Gasteiger partial charge in [0.2, 0.25) is 0 Å². The predicted octanol–water partition coefficient (Wildman–Crippen LogP) is 1.90. The Morgan fingerprint density at radius 2 is 1.87 bits per heavy atom. The molecule has 0 saturated heterocycles. The highest BCUT2D eigenvalue weighted by Gasteiger charge is 2.28. The van der Waals surface area contributed by atoms with Crippen LogP contribution < -0.4 is 15.0 Å². The van der Waals surface area contributed by atoms with Gasteiger partial charge >= 0.3 is 11.8 Å². The van der Waals surface area contributed by atoms with Crippen molar-refractivity contribution in [3.05, 3.63) is 59.7 Å². The summed E-state index contributed by atoms with van der Waals surface area (Å²) in [6, 6.07) is 15.0. The van der Waals surface area contributed by atoms with Crippen LogP contribution in [0, 0.1) is 0 Å². The number of carbonyl (C=O) groups is 2. The molecule has 23 heavy (non-hydrogen) atoms. The number of carbonyl (C=O) groups excluding carboxylic acids is 2. The highest BCUT2D eigenvalue weighted by Crippen LogP contribution is 2.27. The van der Waals surface area contributed by atoms with Crippen LogP contribution in [0.5, 0.6) is 5.75 Å². The van der Waals surface area contributed by atoms with Crippen molar-refractivity contribution in [3.63, 3.8) is 0 Å². The Hall–Kier alpha value is -2.82. The lowest BCUT2D eigenvalue weighted by Gasteiger charge is -2.16. The van der Waals surface area contributed by atoms with Crippen molar-refractivity contribution in [2.75, 3.05) is 18.6 Å². The fraction of sp³-hybridized carbons (Fsp3) is 0.222. The Balaban J connectivity index is 1.61. The van der Waals surface area contributed by atoms with E-state index >= 15 is 0 Å². The summed E-state index contributed by atoms with van der Waals surface area (Å²) in [5.74, 6) is -0.342. The summed E-state index contributed by atoms with van der Waals surface area (Å²) in [5.41, 5.74) is 2.84. The Kier molecular flexibility index (Phi) is 4.28. The van der Waals surface area contributed by atoms with Crippen molar-refractivity contribution in [2.24, 2.45) is 0 Å². The van der Waals surface area contributed by atoms with E-state index in [1.54, 1.807) is 12.0 Å². The summed E-state index contributed by atoms with van der Waals surface area (Å²) in [6.07, 6.45) is 0.785. The number of rotatable bonds is 3. The number of para-hydroxylation sites is 1. The maximum atomic E-state index is 12.3. The molecule has 0 aliphatic carbocycles. The number of fused-ring (bicyclic) bond motifs is 1. The van der Waals surface area contributed by atoms with Gasteiger partial charge in [0.25, 0.3) is 0 Å². The molecule has 1 aliphatic rings. The SMILES string of the molecule is COc1ccc(CNC(=O)C(=O)N2CCc3ccccc32)cc1. The average molecular weight is 310 g/mol. The Labute approximate surface area is 134 Å². The number of hydrogen-bond donors (Lipinski definition) is 1. The quantitative estimate of drug-likeness (QED) is 0.881. The van der Waals surface area contributed by atoms with Gasteiger partial charge in [0.1, 0.15) is 5.75 Å². The zero-order valence-corrected chi connectivity index (χ0v) is 12.9. The Morgan fingerprint density at radius 1 is 1.13 bits per heavy atom. The molecule has 5 heteroatoms. The minimum absolute atomic E-state index is 0.310. The van der Waals surface area contributed by atoms with Crippen LogP contribution in [0.15, 0.2) is 48.5 Å². The Bertz CT molecular complexity index is 725. The molecule has 5 nitrogen and oxygen atoms in total. The second-order valence-corrected chi connectivity index (χ2v) is 5.37. The lowest BCUT2D eigenvalue weighted by atomic mass is 10.2. The molecular formula is C18H18N2O3. The summed E-state index contributed by atoms with van der Waals surface area (Å²) in [7, 11) is 1.60. The number of methoxy groups -OCH3 is 1. The zero-order valence-electron chi connectivity index (χ0n) is 12.9. The van der Waals surface area contributed by atoms with E-state index in [2.05, 4.69) is 5.32 Å². The number of anilines is 1. The van der Waals surface area contributed by atoms with Crippen molar-refractivity contribution in [2.45, 2.75) is 13.0 Å². The standard InChI is InChI=1S/C18H18N2O3/c1-23-15-8-6-13(7-9-15)12-19-17(21)18(22)20-11-10-14-4-2-3-5-16(14)20/h2-9H,10-12H2,1H3,(H,19,21). The first-order valence-corrected chi connectivity index (χ1v) is 7.49. The largest absolute Gasteiger partial charge is 0.497 e. The minimum Gasteiger partial charge on any atom is -0.497 e. The Morgan fingerprint density at radius 3 is 2.61 bits per heavy atom. The summed E-state index contributed by atoms with van der Waals surface area (Å²) < 4.78 is 5.09. The van der Waals surface area contributed by atoms with Gasteiger partial charge in [-0.25, -0.2) is 0 Å². The zero-order chi connectivity index (χ0) is 16.2. The fourth-order valence-corrected chi connectivity index (χ4v) is 2.67. The molecule has 0 saturated carbocycles. The van der Waals surface area contributed by atoms with E-state index in [0.29, 0.717) is 13.1 Å². The lowest BCUT2D eigenvalue weighted by molar-refractivity contribution is -0.137. The molecule has 2 amide bonds. The van der Waals surface area contributed by atoms with E-state index in [9.17, 15) is 9.59 Å². The molecule has 2 aromatic carbocycles. The molecule has 3 rings (SSSR count). The molecule has 0 atom stereocenters. The van der Waals surface area contributed by atoms with Gasteiger partial charge in [0.05, 0.1) is 7.11 Å². The van der Waals surface area contributed by atoms with Crippen molar-refractivity contribution in [3.8, 4) is 5.75 Å². The van der Waals surface area contributed by atoms with E-state index in [1.807, 2.05) is 48.5 Å². The van der Waals surface area contributed by atoms with E-state index < -0.39 is 11.8 Å². The van der Waals surface area contributed by atoms with Crippen LogP contribution in [0.1, 0.15) is 11.1 Å². The minimum atomic E-state index is -0.586. The molecule has 1 N–H and O–H groups in total. The summed E-state index contributed by atoms with van der Waals surface area (Å²) in [6.45, 7) is 0.859. The smallest absolute Gasteiger partial charge is 0.316 e. The number of benzene rings is 2. The van der Waals surface area contributed by atoms with Gasteiger partial charge in [-0.05, 0) is 35.7 Å². The van der Waals surface area contributed by atoms with Crippen LogP contribution in [-0.2, 0) is 22.6 Å². The first kappa shape index (κ1) is 15.1. The van der Waals surface area contributed by atoms with E-state index in [1.165, 1.54) is 0 Å². The normalized spacial score (nSPS) is 12.7. The van der Waals surface area contributed by atoms with Crippen molar-refractivity contribution >= 4 is 17.5 Å². The van der Waals surface area contributed by atoms with Gasteiger partial charge < -0.3 is 15.0 Å². The van der Waals surface area contributed by atoms with Crippen LogP contribution in [-0.4, -0.2) is 25.5 Å². The third kappa shape index (κ3) is 3.18. The monoisotopic (exact) mass is 310 g/mol. The predicted molar refractivity (Wildman–Crippen MR) is 87.3 cm³/mol. The maximum absolute atomic E-state index is 12.3. The third-order valence-electron chi connectivity index (χ3n) is 3.94. The summed E-state index contributed by atoms with van der Waals surface area (Å²) in [4.78, 5) is 26.0. The molecule has 0 bridgehead atoms. The molecular weight excluding hydrogens is 292 g/mol. The van der Waals surface area contributed by atoms with Gasteiger partial charge in [-0.15, -0.1) is 0 Å². The van der Waals surface area contributed by atoms with Crippen LogP contribution in [0.4, 0.5) is 5.69 Å². The van der Waals surface area contributed by atoms with E-state index in [0.717, 1.165) is 29.0 Å². The average Bonchev–Trinajstić information content (AvgIpc) is 3.03. The fourth-order valence-electron chi connectivity index (χ4n) is 2.67. The highest BCUT2D eigenvalue weighted by atomic mass is 16.5. The van der Waals surface area contributed by atoms with Gasteiger partial charge in [0.15, 0.2) is 0 Å². The number of amides is 2. The molecule has 1 aliphatic heterocycles. The molecule has 0 radical (unpaired) electrons. The second kappa shape index (κ2) is 6.52. The van der Waals surface area contributed by atoms with Crippen LogP contribution >= 0.6 is 0 Å². The third-order valence-corrected chi connectivity index (χ3v) is 3.94. The molecule has 0 fully saturated rings.